The smallest absolute Gasteiger partial charge is 0.413 e. The van der Waals surface area contributed by atoms with E-state index in [0.717, 1.165) is 11.4 Å². The minimum Gasteiger partial charge on any atom is -0.450 e. The second-order valence-electron chi connectivity index (χ2n) is 3.10. The first-order valence-corrected chi connectivity index (χ1v) is 5.59. The largest absolute Gasteiger partial charge is 0.450 e. The molecular weight excluding hydrogens is 238 g/mol. The summed E-state index contributed by atoms with van der Waals surface area (Å²) in [5.41, 5.74) is 1.68. The summed E-state index contributed by atoms with van der Waals surface area (Å²) in [6, 6.07) is 7.52. The molecule has 5 nitrogen and oxygen atoms in total. The van der Waals surface area contributed by atoms with Crippen molar-refractivity contribution in [3.8, 4) is 0 Å². The van der Waals surface area contributed by atoms with Gasteiger partial charge in [-0.1, -0.05) is 12.1 Å². The predicted molar refractivity (Wildman–Crippen MR) is 72.4 cm³/mol. The van der Waals surface area contributed by atoms with Crippen molar-refractivity contribution < 1.29 is 9.53 Å². The van der Waals surface area contributed by atoms with Gasteiger partial charge in [-0.15, -0.1) is 0 Å². The van der Waals surface area contributed by atoms with E-state index in [4.69, 9.17) is 17.0 Å². The van der Waals surface area contributed by atoms with Crippen molar-refractivity contribution in [3.05, 3.63) is 24.3 Å². The first-order valence-electron chi connectivity index (χ1n) is 5.19. The van der Waals surface area contributed by atoms with Gasteiger partial charge in [0.2, 0.25) is 0 Å². The number of amides is 1. The van der Waals surface area contributed by atoms with Gasteiger partial charge in [-0.25, -0.2) is 4.79 Å². The Morgan fingerprint density at radius 2 is 2.00 bits per heavy atom. The quantitative estimate of drug-likeness (QED) is 0.721. The normalized spacial score (nSPS) is 9.29. The first-order chi connectivity index (χ1) is 8.17. The molecule has 0 aliphatic carbocycles. The van der Waals surface area contributed by atoms with Crippen molar-refractivity contribution in [2.24, 2.45) is 0 Å². The van der Waals surface area contributed by atoms with Crippen LogP contribution in [-0.4, -0.2) is 24.9 Å². The summed E-state index contributed by atoms with van der Waals surface area (Å²) in [7, 11) is 1.81. The van der Waals surface area contributed by atoms with E-state index < -0.39 is 6.09 Å². The summed E-state index contributed by atoms with van der Waals surface area (Å²) < 4.78 is 4.71. The summed E-state index contributed by atoms with van der Waals surface area (Å²) in [4.78, 5) is 11.1. The van der Waals surface area contributed by atoms with Crippen LogP contribution in [0.3, 0.4) is 0 Å². The van der Waals surface area contributed by atoms with Gasteiger partial charge >= 0.3 is 6.09 Å². The SMILES string of the molecule is CCOC(=O)NC(=S)Nc1ccccc1NC. The Balaban J connectivity index is 2.59. The van der Waals surface area contributed by atoms with Crippen LogP contribution in [0.5, 0.6) is 0 Å². The fourth-order valence-corrected chi connectivity index (χ4v) is 1.42. The molecule has 0 saturated carbocycles. The summed E-state index contributed by atoms with van der Waals surface area (Å²) in [5.74, 6) is 0. The Labute approximate surface area is 106 Å². The number of carbonyl (C=O) groups is 1. The number of anilines is 2. The van der Waals surface area contributed by atoms with E-state index >= 15 is 0 Å². The average molecular weight is 253 g/mol. The maximum absolute atomic E-state index is 11.1. The number of alkyl carbamates (subject to hydrolysis) is 1. The fourth-order valence-electron chi connectivity index (χ4n) is 1.22. The van der Waals surface area contributed by atoms with Gasteiger partial charge in [-0.2, -0.15) is 0 Å². The molecule has 6 heteroatoms. The zero-order valence-electron chi connectivity index (χ0n) is 9.74. The van der Waals surface area contributed by atoms with Crippen LogP contribution in [0.25, 0.3) is 0 Å². The standard InChI is InChI=1S/C11H15N3O2S/c1-3-16-11(15)14-10(17)13-9-7-5-4-6-8(9)12-2/h4-7,12H,3H2,1-2H3,(H2,13,14,15,17). The van der Waals surface area contributed by atoms with E-state index in [1.54, 1.807) is 6.92 Å². The molecule has 1 aromatic rings. The summed E-state index contributed by atoms with van der Waals surface area (Å²) >= 11 is 4.98. The van der Waals surface area contributed by atoms with Crippen LogP contribution < -0.4 is 16.0 Å². The molecule has 0 aliphatic rings. The van der Waals surface area contributed by atoms with Crippen LogP contribution >= 0.6 is 12.2 Å². The maximum Gasteiger partial charge on any atom is 0.413 e. The predicted octanol–water partition coefficient (Wildman–Crippen LogP) is 2.17. The number of hydrogen-bond donors (Lipinski definition) is 3. The van der Waals surface area contributed by atoms with E-state index in [2.05, 4.69) is 16.0 Å². The molecule has 0 atom stereocenters. The highest BCUT2D eigenvalue weighted by atomic mass is 32.1. The zero-order chi connectivity index (χ0) is 12.7. The van der Waals surface area contributed by atoms with Crippen molar-refractivity contribution in [1.82, 2.24) is 5.32 Å². The molecule has 0 aliphatic heterocycles. The second-order valence-corrected chi connectivity index (χ2v) is 3.50. The maximum atomic E-state index is 11.1. The molecule has 3 N–H and O–H groups in total. The molecule has 0 aromatic heterocycles. The second kappa shape index (κ2) is 6.70. The molecule has 17 heavy (non-hydrogen) atoms. The number of thiocarbonyl (C=S) groups is 1. The highest BCUT2D eigenvalue weighted by Gasteiger charge is 2.06. The zero-order valence-corrected chi connectivity index (χ0v) is 10.6. The van der Waals surface area contributed by atoms with Gasteiger partial charge in [0.1, 0.15) is 0 Å². The van der Waals surface area contributed by atoms with E-state index in [1.807, 2.05) is 31.3 Å². The van der Waals surface area contributed by atoms with Crippen molar-refractivity contribution >= 4 is 34.8 Å². The van der Waals surface area contributed by atoms with Crippen molar-refractivity contribution in [1.29, 1.82) is 0 Å². The van der Waals surface area contributed by atoms with Gasteiger partial charge in [0, 0.05) is 7.05 Å². The molecule has 0 fully saturated rings. The summed E-state index contributed by atoms with van der Waals surface area (Å²) in [6.45, 7) is 2.04. The Kier molecular flexibility index (Phi) is 5.22. The summed E-state index contributed by atoms with van der Waals surface area (Å²) in [6.07, 6.45) is -0.563. The average Bonchev–Trinajstić information content (AvgIpc) is 2.29. The molecule has 1 aromatic carbocycles. The first kappa shape index (κ1) is 13.2. The van der Waals surface area contributed by atoms with E-state index in [0.29, 0.717) is 6.61 Å². The van der Waals surface area contributed by atoms with Gasteiger partial charge in [0.05, 0.1) is 18.0 Å². The van der Waals surface area contributed by atoms with E-state index in [-0.39, 0.29) is 5.11 Å². The molecule has 0 saturated heterocycles. The highest BCUT2D eigenvalue weighted by Crippen LogP contribution is 2.19. The third-order valence-corrected chi connectivity index (χ3v) is 2.14. The van der Waals surface area contributed by atoms with Gasteiger partial charge in [-0.3, -0.25) is 5.32 Å². The molecule has 1 amide bonds. The van der Waals surface area contributed by atoms with Crippen LogP contribution in [0, 0.1) is 0 Å². The van der Waals surface area contributed by atoms with Gasteiger partial charge < -0.3 is 15.4 Å². The van der Waals surface area contributed by atoms with E-state index in [9.17, 15) is 4.79 Å². The van der Waals surface area contributed by atoms with E-state index in [1.165, 1.54) is 0 Å². The van der Waals surface area contributed by atoms with Crippen LogP contribution in [0.1, 0.15) is 6.92 Å². The Bertz CT molecular complexity index is 409. The van der Waals surface area contributed by atoms with Crippen LogP contribution in [0.2, 0.25) is 0 Å². The highest BCUT2D eigenvalue weighted by molar-refractivity contribution is 7.80. The molecule has 0 bridgehead atoms. The van der Waals surface area contributed by atoms with Crippen LogP contribution in [0.4, 0.5) is 16.2 Å². The molecule has 1 rings (SSSR count). The Morgan fingerprint density at radius 3 is 2.59 bits per heavy atom. The Morgan fingerprint density at radius 1 is 1.35 bits per heavy atom. The number of hydrogen-bond acceptors (Lipinski definition) is 4. The monoisotopic (exact) mass is 253 g/mol. The van der Waals surface area contributed by atoms with Crippen LogP contribution in [-0.2, 0) is 4.74 Å². The number of nitrogens with one attached hydrogen (secondary N) is 3. The number of ether oxygens (including phenoxy) is 1. The molecule has 0 radical (unpaired) electrons. The molecular formula is C11H15N3O2S. The molecule has 92 valence electrons. The number of carbonyl (C=O) groups excluding carboxylic acids is 1. The van der Waals surface area contributed by atoms with Crippen LogP contribution in [0.15, 0.2) is 24.3 Å². The number of rotatable bonds is 3. The summed E-state index contributed by atoms with van der Waals surface area (Å²) in [5, 5.41) is 8.53. The van der Waals surface area contributed by atoms with Crippen molar-refractivity contribution in [2.75, 3.05) is 24.3 Å². The lowest BCUT2D eigenvalue weighted by Crippen LogP contribution is -2.34. The minimum atomic E-state index is -0.563. The third-order valence-electron chi connectivity index (χ3n) is 1.94. The Hall–Kier alpha value is -1.82. The number of benzene rings is 1. The lowest BCUT2D eigenvalue weighted by atomic mass is 10.2. The molecule has 0 heterocycles. The van der Waals surface area contributed by atoms with Crippen molar-refractivity contribution in [3.63, 3.8) is 0 Å². The van der Waals surface area contributed by atoms with Gasteiger partial charge in [-0.05, 0) is 31.3 Å². The molecule has 0 spiro atoms. The minimum absolute atomic E-state index is 0.200. The van der Waals surface area contributed by atoms with Gasteiger partial charge in [0.25, 0.3) is 0 Å². The van der Waals surface area contributed by atoms with Crippen molar-refractivity contribution in [2.45, 2.75) is 6.92 Å². The lowest BCUT2D eigenvalue weighted by Gasteiger charge is -2.12. The lowest BCUT2D eigenvalue weighted by molar-refractivity contribution is 0.158. The van der Waals surface area contributed by atoms with Gasteiger partial charge in [0.15, 0.2) is 5.11 Å². The fraction of sp³-hybridized carbons (Fsp3) is 0.273. The molecule has 0 unspecified atom stereocenters. The topological polar surface area (TPSA) is 62.4 Å². The third kappa shape index (κ3) is 4.28. The number of para-hydroxylation sites is 2.